The molecule has 2 aromatic carbocycles. The van der Waals surface area contributed by atoms with Crippen molar-refractivity contribution in [2.24, 2.45) is 7.05 Å². The molecule has 3 rings (SSSR count). The molecule has 5 heteroatoms. The Morgan fingerprint density at radius 3 is 2.14 bits per heavy atom. The van der Waals surface area contributed by atoms with Crippen LogP contribution in [0.5, 0.6) is 0 Å². The first-order valence-corrected chi connectivity index (χ1v) is 6.58. The molecular formula is C16H16N4O. The van der Waals surface area contributed by atoms with Gasteiger partial charge in [-0.3, -0.25) is 9.48 Å². The molecule has 0 saturated heterocycles. The highest BCUT2D eigenvalue weighted by Crippen LogP contribution is 2.25. The van der Waals surface area contributed by atoms with Crippen molar-refractivity contribution >= 4 is 11.4 Å². The van der Waals surface area contributed by atoms with Gasteiger partial charge in [0.1, 0.15) is 5.69 Å². The SMILES string of the molecule is Cn1c(-c2ccc(N)cc2)c(N)c(=O)n1-c1ccccc1. The third kappa shape index (κ3) is 2.08. The molecular weight excluding hydrogens is 264 g/mol. The Bertz CT molecular complexity index is 829. The summed E-state index contributed by atoms with van der Waals surface area (Å²) in [5.41, 5.74) is 14.7. The van der Waals surface area contributed by atoms with Gasteiger partial charge < -0.3 is 11.5 Å². The van der Waals surface area contributed by atoms with E-state index in [2.05, 4.69) is 0 Å². The molecule has 5 nitrogen and oxygen atoms in total. The molecule has 3 aromatic rings. The van der Waals surface area contributed by atoms with Crippen LogP contribution in [-0.2, 0) is 7.05 Å². The van der Waals surface area contributed by atoms with Gasteiger partial charge in [0.05, 0.1) is 11.4 Å². The van der Waals surface area contributed by atoms with Crippen LogP contribution in [0.15, 0.2) is 59.4 Å². The van der Waals surface area contributed by atoms with Gasteiger partial charge in [0.15, 0.2) is 0 Å². The maximum absolute atomic E-state index is 12.4. The Balaban J connectivity index is 2.25. The van der Waals surface area contributed by atoms with Crippen LogP contribution in [-0.4, -0.2) is 9.36 Å². The second-order valence-electron chi connectivity index (χ2n) is 4.86. The van der Waals surface area contributed by atoms with E-state index in [4.69, 9.17) is 11.5 Å². The highest BCUT2D eigenvalue weighted by Gasteiger charge is 2.17. The monoisotopic (exact) mass is 280 g/mol. The number of nitrogen functional groups attached to an aromatic ring is 2. The van der Waals surface area contributed by atoms with Gasteiger partial charge in [0.25, 0.3) is 5.56 Å². The van der Waals surface area contributed by atoms with Gasteiger partial charge in [-0.15, -0.1) is 0 Å². The van der Waals surface area contributed by atoms with Crippen LogP contribution in [0.3, 0.4) is 0 Å². The van der Waals surface area contributed by atoms with E-state index in [0.29, 0.717) is 11.4 Å². The van der Waals surface area contributed by atoms with Gasteiger partial charge in [-0.05, 0) is 24.3 Å². The van der Waals surface area contributed by atoms with E-state index in [1.165, 1.54) is 0 Å². The number of benzene rings is 2. The summed E-state index contributed by atoms with van der Waals surface area (Å²) in [5.74, 6) is 0. The number of hydrogen-bond donors (Lipinski definition) is 2. The van der Waals surface area contributed by atoms with E-state index in [0.717, 1.165) is 11.3 Å². The van der Waals surface area contributed by atoms with Crippen molar-refractivity contribution in [3.8, 4) is 16.9 Å². The molecule has 0 aliphatic rings. The number of aromatic nitrogens is 2. The van der Waals surface area contributed by atoms with Crippen LogP contribution in [0, 0.1) is 0 Å². The van der Waals surface area contributed by atoms with Crippen molar-refractivity contribution in [3.63, 3.8) is 0 Å². The number of hydrogen-bond acceptors (Lipinski definition) is 3. The van der Waals surface area contributed by atoms with Crippen LogP contribution in [0.2, 0.25) is 0 Å². The second-order valence-corrected chi connectivity index (χ2v) is 4.86. The van der Waals surface area contributed by atoms with Crippen molar-refractivity contribution in [1.29, 1.82) is 0 Å². The minimum atomic E-state index is -0.226. The zero-order valence-corrected chi connectivity index (χ0v) is 11.7. The summed E-state index contributed by atoms with van der Waals surface area (Å²) in [6.45, 7) is 0. The van der Waals surface area contributed by atoms with Gasteiger partial charge >= 0.3 is 0 Å². The molecule has 0 atom stereocenters. The van der Waals surface area contributed by atoms with E-state index >= 15 is 0 Å². The highest BCUT2D eigenvalue weighted by molar-refractivity contribution is 5.74. The molecule has 0 spiro atoms. The molecule has 21 heavy (non-hydrogen) atoms. The first kappa shape index (κ1) is 13.1. The van der Waals surface area contributed by atoms with Crippen molar-refractivity contribution in [2.45, 2.75) is 0 Å². The van der Waals surface area contributed by atoms with Crippen LogP contribution >= 0.6 is 0 Å². The van der Waals surface area contributed by atoms with Crippen LogP contribution in [0.25, 0.3) is 16.9 Å². The Labute approximate surface area is 122 Å². The lowest BCUT2D eigenvalue weighted by Crippen LogP contribution is -2.20. The number of nitrogens with two attached hydrogens (primary N) is 2. The summed E-state index contributed by atoms with van der Waals surface area (Å²) in [6, 6.07) is 16.7. The number of rotatable bonds is 2. The Morgan fingerprint density at radius 2 is 1.52 bits per heavy atom. The van der Waals surface area contributed by atoms with Crippen LogP contribution < -0.4 is 17.0 Å². The smallest absolute Gasteiger partial charge is 0.295 e. The lowest BCUT2D eigenvalue weighted by atomic mass is 10.1. The summed E-state index contributed by atoms with van der Waals surface area (Å²) < 4.78 is 3.32. The fourth-order valence-electron chi connectivity index (χ4n) is 2.47. The first-order valence-electron chi connectivity index (χ1n) is 6.58. The average Bonchev–Trinajstić information content (AvgIpc) is 2.72. The largest absolute Gasteiger partial charge is 0.399 e. The minimum absolute atomic E-state index is 0.226. The molecule has 1 heterocycles. The summed E-state index contributed by atoms with van der Waals surface area (Å²) in [4.78, 5) is 12.4. The van der Waals surface area contributed by atoms with E-state index in [1.54, 1.807) is 21.5 Å². The summed E-state index contributed by atoms with van der Waals surface area (Å²) in [6.07, 6.45) is 0. The summed E-state index contributed by atoms with van der Waals surface area (Å²) >= 11 is 0. The third-order valence-electron chi connectivity index (χ3n) is 3.49. The van der Waals surface area contributed by atoms with E-state index in [-0.39, 0.29) is 11.2 Å². The van der Waals surface area contributed by atoms with E-state index in [9.17, 15) is 4.79 Å². The predicted molar refractivity (Wildman–Crippen MR) is 85.3 cm³/mol. The molecule has 4 N–H and O–H groups in total. The normalized spacial score (nSPS) is 10.7. The molecule has 0 aliphatic heterocycles. The topological polar surface area (TPSA) is 79.0 Å². The molecule has 0 saturated carbocycles. The van der Waals surface area contributed by atoms with Crippen molar-refractivity contribution in [3.05, 3.63) is 65.0 Å². The minimum Gasteiger partial charge on any atom is -0.399 e. The third-order valence-corrected chi connectivity index (χ3v) is 3.49. The number of nitrogens with zero attached hydrogens (tertiary/aromatic N) is 2. The lowest BCUT2D eigenvalue weighted by molar-refractivity contribution is 0.652. The van der Waals surface area contributed by atoms with Gasteiger partial charge in [0, 0.05) is 18.3 Å². The fraction of sp³-hybridized carbons (Fsp3) is 0.0625. The van der Waals surface area contributed by atoms with Crippen LogP contribution in [0.4, 0.5) is 11.4 Å². The molecule has 0 bridgehead atoms. The molecule has 1 aromatic heterocycles. The Morgan fingerprint density at radius 1 is 0.905 bits per heavy atom. The van der Waals surface area contributed by atoms with Gasteiger partial charge in [-0.25, -0.2) is 4.68 Å². The molecule has 0 unspecified atom stereocenters. The maximum atomic E-state index is 12.4. The highest BCUT2D eigenvalue weighted by atomic mass is 16.1. The molecule has 0 fully saturated rings. The van der Waals surface area contributed by atoms with Crippen molar-refractivity contribution < 1.29 is 0 Å². The quantitative estimate of drug-likeness (QED) is 0.705. The zero-order valence-electron chi connectivity index (χ0n) is 11.7. The van der Waals surface area contributed by atoms with Gasteiger partial charge in [-0.1, -0.05) is 30.3 Å². The second kappa shape index (κ2) is 4.86. The van der Waals surface area contributed by atoms with E-state index in [1.807, 2.05) is 49.5 Å². The average molecular weight is 280 g/mol. The standard InChI is InChI=1S/C16H16N4O/c1-19-15(11-7-9-12(17)10-8-11)14(18)16(21)20(19)13-5-3-2-4-6-13/h2-10H,17-18H2,1H3. The number of anilines is 2. The van der Waals surface area contributed by atoms with E-state index < -0.39 is 0 Å². The molecule has 0 radical (unpaired) electrons. The maximum Gasteiger partial charge on any atom is 0.295 e. The van der Waals surface area contributed by atoms with Gasteiger partial charge in [0.2, 0.25) is 0 Å². The lowest BCUT2D eigenvalue weighted by Gasteiger charge is -2.10. The van der Waals surface area contributed by atoms with Crippen LogP contribution in [0.1, 0.15) is 0 Å². The predicted octanol–water partition coefficient (Wildman–Crippen LogP) is 2.01. The van der Waals surface area contributed by atoms with Gasteiger partial charge in [-0.2, -0.15) is 0 Å². The fourth-order valence-corrected chi connectivity index (χ4v) is 2.47. The Hall–Kier alpha value is -2.95. The molecule has 106 valence electrons. The summed E-state index contributed by atoms with van der Waals surface area (Å²) in [5, 5.41) is 0. The molecule has 0 amide bonds. The van der Waals surface area contributed by atoms with Crippen molar-refractivity contribution in [2.75, 3.05) is 11.5 Å². The van der Waals surface area contributed by atoms with Crippen molar-refractivity contribution in [1.82, 2.24) is 9.36 Å². The Kier molecular flexibility index (Phi) is 3.02. The zero-order chi connectivity index (χ0) is 15.0. The molecule has 0 aliphatic carbocycles. The summed E-state index contributed by atoms with van der Waals surface area (Å²) in [7, 11) is 1.82. The first-order chi connectivity index (χ1) is 10.1. The number of para-hydroxylation sites is 1.